The molecule has 0 unspecified atom stereocenters. The molecule has 0 bridgehead atoms. The summed E-state index contributed by atoms with van der Waals surface area (Å²) in [6.07, 6.45) is 3.48. The zero-order valence-corrected chi connectivity index (χ0v) is 9.79. The molecule has 2 rings (SSSR count). The highest BCUT2D eigenvalue weighted by Gasteiger charge is 2.53. The predicted octanol–water partition coefficient (Wildman–Crippen LogP) is 2.14. The minimum absolute atomic E-state index is 0.0746. The summed E-state index contributed by atoms with van der Waals surface area (Å²) in [4.78, 5) is 11.4. The molecule has 15 heavy (non-hydrogen) atoms. The number of hydrogen-bond donors (Lipinski definition) is 0. The molecule has 1 heterocycles. The van der Waals surface area contributed by atoms with Crippen LogP contribution in [-0.2, 0) is 14.3 Å². The van der Waals surface area contributed by atoms with Crippen molar-refractivity contribution in [2.24, 2.45) is 11.3 Å². The van der Waals surface area contributed by atoms with Crippen LogP contribution in [0.25, 0.3) is 0 Å². The molecule has 86 valence electrons. The van der Waals surface area contributed by atoms with Gasteiger partial charge >= 0.3 is 5.97 Å². The Hall–Kier alpha value is -0.570. The van der Waals surface area contributed by atoms with Gasteiger partial charge in [-0.2, -0.15) is 0 Å². The van der Waals surface area contributed by atoms with E-state index in [-0.39, 0.29) is 5.97 Å². The topological polar surface area (TPSA) is 38.8 Å². The van der Waals surface area contributed by atoms with Gasteiger partial charge in [-0.3, -0.25) is 4.79 Å². The number of esters is 1. The molecule has 1 saturated heterocycles. The van der Waals surface area contributed by atoms with E-state index >= 15 is 0 Å². The van der Waals surface area contributed by atoms with Gasteiger partial charge in [0, 0.05) is 0 Å². The molecule has 0 spiro atoms. The van der Waals surface area contributed by atoms with Crippen molar-refractivity contribution in [3.8, 4) is 0 Å². The highest BCUT2D eigenvalue weighted by Crippen LogP contribution is 2.50. The first kappa shape index (κ1) is 10.9. The second kappa shape index (κ2) is 3.78. The van der Waals surface area contributed by atoms with Crippen LogP contribution in [0.4, 0.5) is 0 Å². The molecule has 0 aromatic carbocycles. The van der Waals surface area contributed by atoms with Gasteiger partial charge in [0.25, 0.3) is 0 Å². The van der Waals surface area contributed by atoms with E-state index in [9.17, 15) is 4.79 Å². The largest absolute Gasteiger partial charge is 0.466 e. The lowest BCUT2D eigenvalue weighted by atomic mass is 9.71. The number of epoxide rings is 1. The van der Waals surface area contributed by atoms with Crippen LogP contribution in [0.3, 0.4) is 0 Å². The Kier molecular flexibility index (Phi) is 2.75. The second-order valence-electron chi connectivity index (χ2n) is 5.48. The summed E-state index contributed by atoms with van der Waals surface area (Å²) < 4.78 is 10.6. The molecular formula is C12H20O3. The quantitative estimate of drug-likeness (QED) is 0.531. The molecule has 3 atom stereocenters. The number of ether oxygens (including phenoxy) is 2. The second-order valence-corrected chi connectivity index (χ2v) is 5.48. The van der Waals surface area contributed by atoms with E-state index in [4.69, 9.17) is 9.47 Å². The Morgan fingerprint density at radius 3 is 2.87 bits per heavy atom. The average molecular weight is 212 g/mol. The number of rotatable bonds is 3. The van der Waals surface area contributed by atoms with Crippen molar-refractivity contribution in [1.82, 2.24) is 0 Å². The normalized spacial score (nSPS) is 36.9. The van der Waals surface area contributed by atoms with E-state index in [1.807, 2.05) is 6.92 Å². The van der Waals surface area contributed by atoms with Crippen LogP contribution in [-0.4, -0.2) is 24.8 Å². The average Bonchev–Trinajstić information content (AvgIpc) is 2.81. The molecule has 1 aliphatic carbocycles. The smallest absolute Gasteiger partial charge is 0.306 e. The third-order valence-electron chi connectivity index (χ3n) is 3.39. The van der Waals surface area contributed by atoms with Gasteiger partial charge in [0.2, 0.25) is 0 Å². The zero-order valence-electron chi connectivity index (χ0n) is 9.79. The molecule has 0 amide bonds. The summed E-state index contributed by atoms with van der Waals surface area (Å²) in [5.41, 5.74) is 0.314. The van der Waals surface area contributed by atoms with Gasteiger partial charge < -0.3 is 9.47 Å². The first-order valence-corrected chi connectivity index (χ1v) is 5.83. The summed E-state index contributed by atoms with van der Waals surface area (Å²) in [6.45, 7) is 6.83. The third-order valence-corrected chi connectivity index (χ3v) is 3.39. The van der Waals surface area contributed by atoms with E-state index < -0.39 is 0 Å². The minimum atomic E-state index is -0.0746. The molecular weight excluding hydrogens is 192 g/mol. The Balaban J connectivity index is 1.89. The van der Waals surface area contributed by atoms with E-state index in [1.54, 1.807) is 0 Å². The van der Waals surface area contributed by atoms with Gasteiger partial charge in [-0.15, -0.1) is 0 Å². The first-order chi connectivity index (χ1) is 7.02. The van der Waals surface area contributed by atoms with Crippen LogP contribution >= 0.6 is 0 Å². The molecule has 0 radical (unpaired) electrons. The fraction of sp³-hybridized carbons (Fsp3) is 0.917. The van der Waals surface area contributed by atoms with Crippen LogP contribution in [0.5, 0.6) is 0 Å². The van der Waals surface area contributed by atoms with Crippen molar-refractivity contribution in [1.29, 1.82) is 0 Å². The maximum atomic E-state index is 11.4. The zero-order chi connectivity index (χ0) is 11.1. The van der Waals surface area contributed by atoms with Crippen LogP contribution in [0.15, 0.2) is 0 Å². The van der Waals surface area contributed by atoms with Crippen molar-refractivity contribution < 1.29 is 14.3 Å². The number of carbonyl (C=O) groups is 1. The Morgan fingerprint density at radius 2 is 2.20 bits per heavy atom. The van der Waals surface area contributed by atoms with E-state index in [2.05, 4.69) is 13.8 Å². The van der Waals surface area contributed by atoms with Gasteiger partial charge in [0.15, 0.2) is 0 Å². The molecule has 2 fully saturated rings. The monoisotopic (exact) mass is 212 g/mol. The Morgan fingerprint density at radius 1 is 1.47 bits per heavy atom. The van der Waals surface area contributed by atoms with Gasteiger partial charge in [-0.05, 0) is 31.1 Å². The lowest BCUT2D eigenvalue weighted by Gasteiger charge is -2.31. The third kappa shape index (κ3) is 2.51. The Bertz CT molecular complexity index is 260. The lowest BCUT2D eigenvalue weighted by molar-refractivity contribution is -0.144. The van der Waals surface area contributed by atoms with Crippen LogP contribution in [0.2, 0.25) is 0 Å². The van der Waals surface area contributed by atoms with Crippen LogP contribution in [0, 0.1) is 11.3 Å². The molecule has 0 aromatic heterocycles. The Labute approximate surface area is 91.1 Å². The van der Waals surface area contributed by atoms with E-state index in [1.165, 1.54) is 0 Å². The fourth-order valence-electron chi connectivity index (χ4n) is 2.81. The summed E-state index contributed by atoms with van der Waals surface area (Å²) in [7, 11) is 0. The van der Waals surface area contributed by atoms with Gasteiger partial charge in [0.1, 0.15) is 0 Å². The van der Waals surface area contributed by atoms with Crippen molar-refractivity contribution >= 4 is 5.97 Å². The lowest BCUT2D eigenvalue weighted by Crippen LogP contribution is -2.30. The predicted molar refractivity (Wildman–Crippen MR) is 56.4 cm³/mol. The maximum Gasteiger partial charge on any atom is 0.306 e. The van der Waals surface area contributed by atoms with Gasteiger partial charge in [-0.25, -0.2) is 0 Å². The maximum absolute atomic E-state index is 11.4. The fourth-order valence-corrected chi connectivity index (χ4v) is 2.81. The van der Waals surface area contributed by atoms with Crippen molar-refractivity contribution in [3.05, 3.63) is 0 Å². The van der Waals surface area contributed by atoms with Crippen molar-refractivity contribution in [2.75, 3.05) is 6.61 Å². The SMILES string of the molecule is CCOC(=O)C[C@H]1CC(C)(C)C[C@H]2O[C@@H]12. The summed E-state index contributed by atoms with van der Waals surface area (Å²) in [5, 5.41) is 0. The highest BCUT2D eigenvalue weighted by molar-refractivity contribution is 5.69. The van der Waals surface area contributed by atoms with E-state index in [0.717, 1.165) is 12.8 Å². The molecule has 1 saturated carbocycles. The first-order valence-electron chi connectivity index (χ1n) is 5.83. The molecule has 3 nitrogen and oxygen atoms in total. The summed E-state index contributed by atoms with van der Waals surface area (Å²) >= 11 is 0. The molecule has 3 heteroatoms. The van der Waals surface area contributed by atoms with Crippen molar-refractivity contribution in [3.63, 3.8) is 0 Å². The summed E-state index contributed by atoms with van der Waals surface area (Å²) in [6, 6.07) is 0. The highest BCUT2D eigenvalue weighted by atomic mass is 16.6. The van der Waals surface area contributed by atoms with E-state index in [0.29, 0.717) is 36.6 Å². The number of hydrogen-bond acceptors (Lipinski definition) is 3. The molecule has 0 N–H and O–H groups in total. The minimum Gasteiger partial charge on any atom is -0.466 e. The number of carbonyl (C=O) groups excluding carboxylic acids is 1. The van der Waals surface area contributed by atoms with Crippen LogP contribution in [0.1, 0.15) is 40.0 Å². The van der Waals surface area contributed by atoms with Crippen LogP contribution < -0.4 is 0 Å². The number of fused-ring (bicyclic) bond motifs is 1. The van der Waals surface area contributed by atoms with Crippen molar-refractivity contribution in [2.45, 2.75) is 52.2 Å². The van der Waals surface area contributed by atoms with Gasteiger partial charge in [-0.1, -0.05) is 13.8 Å². The summed E-state index contributed by atoms with van der Waals surface area (Å²) in [5.74, 6) is 0.298. The standard InChI is InChI=1S/C12H20O3/c1-4-14-10(13)5-8-6-12(2,3)7-9-11(8)15-9/h8-9,11H,4-7H2,1-3H3/t8-,9+,11-/m0/s1. The molecule has 0 aromatic rings. The van der Waals surface area contributed by atoms with Gasteiger partial charge in [0.05, 0.1) is 25.2 Å². The molecule has 1 aliphatic heterocycles. The molecule has 2 aliphatic rings.